The van der Waals surface area contributed by atoms with Gasteiger partial charge in [-0.1, -0.05) is 0 Å². The van der Waals surface area contributed by atoms with Gasteiger partial charge in [0.1, 0.15) is 11.2 Å². The number of carbonyl (C=O) groups excluding carboxylic acids is 3. The second-order valence-corrected chi connectivity index (χ2v) is 10.2. The van der Waals surface area contributed by atoms with E-state index in [4.69, 9.17) is 19.4 Å². The Kier molecular flexibility index (Phi) is 9.95. The number of hydrogen-bond donors (Lipinski definition) is 1. The van der Waals surface area contributed by atoms with Crippen molar-refractivity contribution in [3.05, 3.63) is 0 Å². The van der Waals surface area contributed by atoms with E-state index in [1.54, 1.807) is 32.7 Å². The predicted molar refractivity (Wildman–Crippen MR) is 119 cm³/mol. The standard InChI is InChI=1S/C12H22N2O4.C10H17NO4/c1-12(2,3)18-11(16)14-7-6-9(8-14)10(15)13(4)17-5;1-10(2,3)15-9(14)11-5-4-7(6-11)8(12)13/h9H,6-8H2,1-5H3;7H,4-6H2,1-3H3,(H,12,13)/t9-;7-/m11/s1. The highest BCUT2D eigenvalue weighted by molar-refractivity contribution is 5.79. The molecule has 0 unspecified atom stereocenters. The molecule has 33 heavy (non-hydrogen) atoms. The molecule has 2 aliphatic heterocycles. The molecule has 0 spiro atoms. The Morgan fingerprint density at radius 3 is 1.55 bits per heavy atom. The summed E-state index contributed by atoms with van der Waals surface area (Å²) < 4.78 is 10.4. The second-order valence-electron chi connectivity index (χ2n) is 10.2. The summed E-state index contributed by atoms with van der Waals surface area (Å²) in [5, 5.41) is 9.96. The normalized spacial score (nSPS) is 20.6. The molecule has 2 heterocycles. The van der Waals surface area contributed by atoms with Gasteiger partial charge >= 0.3 is 18.2 Å². The Morgan fingerprint density at radius 1 is 0.818 bits per heavy atom. The van der Waals surface area contributed by atoms with E-state index in [0.29, 0.717) is 32.5 Å². The van der Waals surface area contributed by atoms with Crippen LogP contribution >= 0.6 is 0 Å². The maximum Gasteiger partial charge on any atom is 0.410 e. The third-order valence-electron chi connectivity index (χ3n) is 4.96. The van der Waals surface area contributed by atoms with E-state index >= 15 is 0 Å². The Balaban J connectivity index is 0.000000335. The minimum absolute atomic E-state index is 0.108. The Bertz CT molecular complexity index is 713. The Hall–Kier alpha value is -2.56. The Morgan fingerprint density at radius 2 is 1.21 bits per heavy atom. The number of hydroxylamine groups is 2. The van der Waals surface area contributed by atoms with E-state index in [9.17, 15) is 19.2 Å². The fourth-order valence-electron chi connectivity index (χ4n) is 3.26. The van der Waals surface area contributed by atoms with Gasteiger partial charge in [0.05, 0.1) is 18.9 Å². The first-order chi connectivity index (χ1) is 15.0. The van der Waals surface area contributed by atoms with Crippen LogP contribution in [-0.2, 0) is 23.9 Å². The first-order valence-electron chi connectivity index (χ1n) is 11.0. The van der Waals surface area contributed by atoms with Crippen LogP contribution in [0.3, 0.4) is 0 Å². The van der Waals surface area contributed by atoms with Gasteiger partial charge in [-0.25, -0.2) is 14.7 Å². The van der Waals surface area contributed by atoms with Crippen molar-refractivity contribution in [1.82, 2.24) is 14.9 Å². The van der Waals surface area contributed by atoms with Crippen LogP contribution in [0.4, 0.5) is 9.59 Å². The number of ether oxygens (including phenoxy) is 2. The highest BCUT2D eigenvalue weighted by atomic mass is 16.7. The molecule has 2 fully saturated rings. The van der Waals surface area contributed by atoms with Gasteiger partial charge in [-0.15, -0.1) is 0 Å². The van der Waals surface area contributed by atoms with Crippen LogP contribution in [0.25, 0.3) is 0 Å². The molecule has 0 aromatic carbocycles. The van der Waals surface area contributed by atoms with Gasteiger partial charge in [-0.05, 0) is 54.4 Å². The van der Waals surface area contributed by atoms with Crippen molar-refractivity contribution in [3.63, 3.8) is 0 Å². The molecule has 0 saturated carbocycles. The van der Waals surface area contributed by atoms with Gasteiger partial charge in [-0.2, -0.15) is 0 Å². The maximum absolute atomic E-state index is 11.9. The van der Waals surface area contributed by atoms with Crippen molar-refractivity contribution < 1.29 is 38.6 Å². The molecular weight excluding hydrogens is 434 g/mol. The van der Waals surface area contributed by atoms with Crippen LogP contribution in [0.15, 0.2) is 0 Å². The molecule has 2 atom stereocenters. The summed E-state index contributed by atoms with van der Waals surface area (Å²) >= 11 is 0. The lowest BCUT2D eigenvalue weighted by atomic mass is 10.1. The lowest BCUT2D eigenvalue weighted by Gasteiger charge is -2.24. The van der Waals surface area contributed by atoms with Gasteiger partial charge in [0.15, 0.2) is 0 Å². The first-order valence-corrected chi connectivity index (χ1v) is 11.0. The summed E-state index contributed by atoms with van der Waals surface area (Å²) in [5.74, 6) is -1.61. The molecule has 1 N–H and O–H groups in total. The van der Waals surface area contributed by atoms with E-state index < -0.39 is 29.2 Å². The summed E-state index contributed by atoms with van der Waals surface area (Å²) in [6, 6.07) is 0. The zero-order valence-corrected chi connectivity index (χ0v) is 21.0. The lowest BCUT2D eigenvalue weighted by molar-refractivity contribution is -0.172. The highest BCUT2D eigenvalue weighted by Gasteiger charge is 2.35. The molecule has 11 heteroatoms. The number of carbonyl (C=O) groups is 4. The number of carboxylic acids is 1. The van der Waals surface area contributed by atoms with Gasteiger partial charge in [0.25, 0.3) is 5.91 Å². The summed E-state index contributed by atoms with van der Waals surface area (Å²) in [5.41, 5.74) is -1.04. The zero-order chi connectivity index (χ0) is 25.6. The van der Waals surface area contributed by atoms with Crippen LogP contribution in [0.1, 0.15) is 54.4 Å². The average Bonchev–Trinajstić information content (AvgIpc) is 3.34. The van der Waals surface area contributed by atoms with Crippen molar-refractivity contribution >= 4 is 24.1 Å². The average molecular weight is 474 g/mol. The van der Waals surface area contributed by atoms with E-state index in [-0.39, 0.29) is 24.5 Å². The molecular formula is C22H39N3O8. The van der Waals surface area contributed by atoms with E-state index in [2.05, 4.69) is 0 Å². The fourth-order valence-corrected chi connectivity index (χ4v) is 3.26. The van der Waals surface area contributed by atoms with E-state index in [1.807, 2.05) is 20.8 Å². The molecule has 2 saturated heterocycles. The van der Waals surface area contributed by atoms with Crippen LogP contribution in [-0.4, -0.2) is 95.6 Å². The van der Waals surface area contributed by atoms with Crippen molar-refractivity contribution in [1.29, 1.82) is 0 Å². The largest absolute Gasteiger partial charge is 0.481 e. The predicted octanol–water partition coefficient (Wildman–Crippen LogP) is 2.59. The topological polar surface area (TPSA) is 126 Å². The first kappa shape index (κ1) is 28.5. The number of hydrogen-bond acceptors (Lipinski definition) is 7. The summed E-state index contributed by atoms with van der Waals surface area (Å²) in [6.07, 6.45) is 0.365. The third kappa shape index (κ3) is 9.85. The van der Waals surface area contributed by atoms with Crippen molar-refractivity contribution in [3.8, 4) is 0 Å². The SMILES string of the molecule is CC(C)(C)OC(=O)N1CC[C@@H](C(=O)O)C1.CON(C)C(=O)[C@@H]1CCN(C(=O)OC(C)(C)C)C1. The number of nitrogens with zero attached hydrogens (tertiary/aromatic N) is 3. The second kappa shape index (κ2) is 11.5. The number of aliphatic carboxylic acids is 1. The molecule has 0 aromatic rings. The van der Waals surface area contributed by atoms with Gasteiger partial charge in [0.2, 0.25) is 0 Å². The number of amides is 3. The number of carboxylic acid groups (broad SMARTS) is 1. The molecule has 0 bridgehead atoms. The molecule has 0 radical (unpaired) electrons. The van der Waals surface area contributed by atoms with Crippen LogP contribution in [0, 0.1) is 11.8 Å². The Labute approximate surface area is 195 Å². The number of rotatable bonds is 3. The van der Waals surface area contributed by atoms with Gasteiger partial charge in [-0.3, -0.25) is 14.4 Å². The van der Waals surface area contributed by atoms with Crippen molar-refractivity contribution in [2.24, 2.45) is 11.8 Å². The lowest BCUT2D eigenvalue weighted by Crippen LogP contribution is -2.37. The minimum Gasteiger partial charge on any atom is -0.481 e. The highest BCUT2D eigenvalue weighted by Crippen LogP contribution is 2.21. The van der Waals surface area contributed by atoms with Crippen LogP contribution in [0.2, 0.25) is 0 Å². The third-order valence-corrected chi connectivity index (χ3v) is 4.96. The molecule has 2 aliphatic rings. The number of likely N-dealkylation sites (tertiary alicyclic amines) is 2. The summed E-state index contributed by atoms with van der Waals surface area (Å²) in [7, 11) is 3.01. The quantitative estimate of drug-likeness (QED) is 0.620. The van der Waals surface area contributed by atoms with E-state index in [0.717, 1.165) is 0 Å². The molecule has 0 aromatic heterocycles. The monoisotopic (exact) mass is 473 g/mol. The summed E-state index contributed by atoms with van der Waals surface area (Å²) in [4.78, 5) is 53.7. The molecule has 11 nitrogen and oxygen atoms in total. The smallest absolute Gasteiger partial charge is 0.410 e. The van der Waals surface area contributed by atoms with Crippen molar-refractivity contribution in [2.75, 3.05) is 40.3 Å². The molecule has 0 aliphatic carbocycles. The minimum atomic E-state index is -0.846. The fraction of sp³-hybridized carbons (Fsp3) is 0.818. The summed E-state index contributed by atoms with van der Waals surface area (Å²) in [6.45, 7) is 12.5. The van der Waals surface area contributed by atoms with Crippen LogP contribution < -0.4 is 0 Å². The zero-order valence-electron chi connectivity index (χ0n) is 21.0. The van der Waals surface area contributed by atoms with Crippen LogP contribution in [0.5, 0.6) is 0 Å². The maximum atomic E-state index is 11.9. The molecule has 2 rings (SSSR count). The van der Waals surface area contributed by atoms with E-state index in [1.165, 1.54) is 17.1 Å². The van der Waals surface area contributed by atoms with Gasteiger partial charge in [0, 0.05) is 33.2 Å². The van der Waals surface area contributed by atoms with Crippen molar-refractivity contribution in [2.45, 2.75) is 65.6 Å². The molecule has 190 valence electrons. The molecule has 3 amide bonds. The van der Waals surface area contributed by atoms with Gasteiger partial charge < -0.3 is 24.4 Å².